The molecule has 0 fully saturated rings. The van der Waals surface area contributed by atoms with E-state index in [0.717, 1.165) is 23.5 Å². The van der Waals surface area contributed by atoms with Crippen LogP contribution in [0.15, 0.2) is 18.2 Å². The molecule has 1 aromatic carbocycles. The van der Waals surface area contributed by atoms with Gasteiger partial charge in [0.2, 0.25) is 17.2 Å². The molecule has 1 aliphatic heterocycles. The predicted octanol–water partition coefficient (Wildman–Crippen LogP) is 1.53. The number of nitrogens with one attached hydrogen (secondary N) is 1. The maximum atomic E-state index is 5.71. The number of nitrogen functional groups attached to an aromatic ring is 1. The van der Waals surface area contributed by atoms with Gasteiger partial charge in [0.25, 0.3) is 0 Å². The van der Waals surface area contributed by atoms with Gasteiger partial charge in [0.05, 0.1) is 0 Å². The molecule has 8 heteroatoms. The summed E-state index contributed by atoms with van der Waals surface area (Å²) in [6.07, 6.45) is 0.778. The number of aromatic nitrogens is 3. The van der Waals surface area contributed by atoms with E-state index >= 15 is 0 Å². The molecule has 2 aromatic rings. The predicted molar refractivity (Wildman–Crippen MR) is 78.9 cm³/mol. The van der Waals surface area contributed by atoms with Crippen molar-refractivity contribution >= 4 is 23.5 Å². The van der Waals surface area contributed by atoms with E-state index in [2.05, 4.69) is 20.3 Å². The Morgan fingerprint density at radius 1 is 1.14 bits per heavy atom. The molecule has 0 atom stereocenters. The van der Waals surface area contributed by atoms with E-state index in [-0.39, 0.29) is 11.2 Å². The summed E-state index contributed by atoms with van der Waals surface area (Å²) in [4.78, 5) is 11.6. The molecule has 1 aliphatic rings. The summed E-state index contributed by atoms with van der Waals surface area (Å²) in [6.45, 7) is 1.81. The summed E-state index contributed by atoms with van der Waals surface area (Å²) >= 11 is 5.71. The highest BCUT2D eigenvalue weighted by molar-refractivity contribution is 6.28. The van der Waals surface area contributed by atoms with Gasteiger partial charge in [-0.05, 0) is 35.7 Å². The lowest BCUT2D eigenvalue weighted by atomic mass is 10.1. The second-order valence-corrected chi connectivity index (χ2v) is 4.78. The van der Waals surface area contributed by atoms with Gasteiger partial charge in [0, 0.05) is 6.54 Å². The first-order chi connectivity index (χ1) is 10.2. The second-order valence-electron chi connectivity index (χ2n) is 4.44. The van der Waals surface area contributed by atoms with Gasteiger partial charge in [-0.3, -0.25) is 0 Å². The molecule has 0 saturated carbocycles. The molecule has 0 bridgehead atoms. The summed E-state index contributed by atoms with van der Waals surface area (Å²) in [5.74, 6) is 2.03. The van der Waals surface area contributed by atoms with E-state index in [9.17, 15) is 0 Å². The fraction of sp³-hybridized carbons (Fsp3) is 0.308. The standard InChI is InChI=1S/C13H14ClN5O2/c14-11-17-12(15)19-13(18-11)16-4-3-8-1-2-9-10(7-8)21-6-5-20-9/h1-2,7H,3-6H2,(H3,15,16,17,18,19). The molecule has 21 heavy (non-hydrogen) atoms. The van der Waals surface area contributed by atoms with Gasteiger partial charge in [0.1, 0.15) is 13.2 Å². The van der Waals surface area contributed by atoms with Gasteiger partial charge in [-0.2, -0.15) is 15.0 Å². The van der Waals surface area contributed by atoms with E-state index in [1.807, 2.05) is 18.2 Å². The van der Waals surface area contributed by atoms with Crippen LogP contribution in [0.3, 0.4) is 0 Å². The minimum atomic E-state index is 0.0735. The van der Waals surface area contributed by atoms with Crippen molar-refractivity contribution in [1.29, 1.82) is 0 Å². The van der Waals surface area contributed by atoms with Crippen molar-refractivity contribution in [1.82, 2.24) is 15.0 Å². The zero-order chi connectivity index (χ0) is 14.7. The quantitative estimate of drug-likeness (QED) is 0.884. The largest absolute Gasteiger partial charge is 0.486 e. The summed E-state index contributed by atoms with van der Waals surface area (Å²) in [5.41, 5.74) is 6.63. The lowest BCUT2D eigenvalue weighted by molar-refractivity contribution is 0.171. The molecule has 0 amide bonds. The average molecular weight is 308 g/mol. The molecule has 0 aliphatic carbocycles. The van der Waals surface area contributed by atoms with Gasteiger partial charge < -0.3 is 20.5 Å². The average Bonchev–Trinajstić information content (AvgIpc) is 2.46. The Hall–Kier alpha value is -2.28. The van der Waals surface area contributed by atoms with E-state index in [0.29, 0.717) is 25.7 Å². The summed E-state index contributed by atoms with van der Waals surface area (Å²) in [5, 5.41) is 3.13. The third-order valence-corrected chi connectivity index (χ3v) is 3.10. The van der Waals surface area contributed by atoms with E-state index in [1.54, 1.807) is 0 Å². The zero-order valence-electron chi connectivity index (χ0n) is 11.2. The van der Waals surface area contributed by atoms with Crippen LogP contribution < -0.4 is 20.5 Å². The lowest BCUT2D eigenvalue weighted by Crippen LogP contribution is -2.15. The van der Waals surface area contributed by atoms with Gasteiger partial charge in [-0.15, -0.1) is 0 Å². The summed E-state index contributed by atoms with van der Waals surface area (Å²) < 4.78 is 11.0. The maximum absolute atomic E-state index is 5.71. The van der Waals surface area contributed by atoms with Crippen molar-refractivity contribution in [2.75, 3.05) is 30.8 Å². The van der Waals surface area contributed by atoms with Crippen molar-refractivity contribution in [3.8, 4) is 11.5 Å². The van der Waals surface area contributed by atoms with Gasteiger partial charge in [0.15, 0.2) is 11.5 Å². The summed E-state index contributed by atoms with van der Waals surface area (Å²) in [6, 6.07) is 5.90. The van der Waals surface area contributed by atoms with Crippen LogP contribution in [-0.2, 0) is 6.42 Å². The topological polar surface area (TPSA) is 95.2 Å². The highest BCUT2D eigenvalue weighted by Crippen LogP contribution is 2.30. The molecule has 0 unspecified atom stereocenters. The molecule has 1 aromatic heterocycles. The van der Waals surface area contributed by atoms with Crippen LogP contribution in [0.2, 0.25) is 5.28 Å². The number of fused-ring (bicyclic) bond motifs is 1. The Bertz CT molecular complexity index is 632. The number of nitrogens with zero attached hydrogens (tertiary/aromatic N) is 3. The normalized spacial score (nSPS) is 13.0. The molecule has 2 heterocycles. The van der Waals surface area contributed by atoms with Crippen molar-refractivity contribution in [3.05, 3.63) is 29.0 Å². The molecule has 3 N–H and O–H groups in total. The summed E-state index contributed by atoms with van der Waals surface area (Å²) in [7, 11) is 0. The van der Waals surface area contributed by atoms with Crippen molar-refractivity contribution < 1.29 is 9.47 Å². The zero-order valence-corrected chi connectivity index (χ0v) is 11.9. The monoisotopic (exact) mass is 307 g/mol. The van der Waals surface area contributed by atoms with E-state index in [1.165, 1.54) is 0 Å². The minimum Gasteiger partial charge on any atom is -0.486 e. The molecule has 0 saturated heterocycles. The molecular weight excluding hydrogens is 294 g/mol. The number of nitrogens with two attached hydrogens (primary N) is 1. The number of halogens is 1. The second kappa shape index (κ2) is 6.01. The van der Waals surface area contributed by atoms with Gasteiger partial charge in [-0.25, -0.2) is 0 Å². The molecule has 0 radical (unpaired) electrons. The van der Waals surface area contributed by atoms with Crippen LogP contribution in [0.1, 0.15) is 5.56 Å². The third-order valence-electron chi connectivity index (χ3n) is 2.93. The van der Waals surface area contributed by atoms with Crippen LogP contribution in [0.4, 0.5) is 11.9 Å². The number of rotatable bonds is 4. The molecule has 3 rings (SSSR count). The van der Waals surface area contributed by atoms with Crippen LogP contribution in [0.25, 0.3) is 0 Å². The van der Waals surface area contributed by atoms with Crippen LogP contribution in [0, 0.1) is 0 Å². The SMILES string of the molecule is Nc1nc(Cl)nc(NCCc2ccc3c(c2)OCCO3)n1. The highest BCUT2D eigenvalue weighted by Gasteiger charge is 2.11. The fourth-order valence-electron chi connectivity index (χ4n) is 2.01. The molecule has 110 valence electrons. The Labute approximate surface area is 126 Å². The van der Waals surface area contributed by atoms with Gasteiger partial charge in [-0.1, -0.05) is 6.07 Å². The van der Waals surface area contributed by atoms with Crippen LogP contribution in [-0.4, -0.2) is 34.7 Å². The molecule has 7 nitrogen and oxygen atoms in total. The molecular formula is C13H14ClN5O2. The first-order valence-electron chi connectivity index (χ1n) is 6.50. The van der Waals surface area contributed by atoms with Crippen molar-refractivity contribution in [2.24, 2.45) is 0 Å². The molecule has 0 spiro atoms. The minimum absolute atomic E-state index is 0.0735. The Morgan fingerprint density at radius 3 is 2.76 bits per heavy atom. The van der Waals surface area contributed by atoms with Crippen molar-refractivity contribution in [3.63, 3.8) is 0 Å². The van der Waals surface area contributed by atoms with Gasteiger partial charge >= 0.3 is 0 Å². The van der Waals surface area contributed by atoms with Crippen LogP contribution >= 0.6 is 11.6 Å². The number of benzene rings is 1. The highest BCUT2D eigenvalue weighted by atomic mass is 35.5. The first kappa shape index (κ1) is 13.7. The van der Waals surface area contributed by atoms with E-state index < -0.39 is 0 Å². The number of hydrogen-bond acceptors (Lipinski definition) is 7. The number of ether oxygens (including phenoxy) is 2. The number of hydrogen-bond donors (Lipinski definition) is 2. The maximum Gasteiger partial charge on any atom is 0.228 e. The number of anilines is 2. The van der Waals surface area contributed by atoms with Crippen molar-refractivity contribution in [2.45, 2.75) is 6.42 Å². The Kier molecular flexibility index (Phi) is 3.92. The Morgan fingerprint density at radius 2 is 1.95 bits per heavy atom. The van der Waals surface area contributed by atoms with Crippen LogP contribution in [0.5, 0.6) is 11.5 Å². The van der Waals surface area contributed by atoms with E-state index in [4.69, 9.17) is 26.8 Å². The fourth-order valence-corrected chi connectivity index (χ4v) is 2.17. The first-order valence-corrected chi connectivity index (χ1v) is 6.88. The lowest BCUT2D eigenvalue weighted by Gasteiger charge is -2.18. The Balaban J connectivity index is 1.60. The third kappa shape index (κ3) is 3.43. The smallest absolute Gasteiger partial charge is 0.228 e.